The van der Waals surface area contributed by atoms with Crippen molar-refractivity contribution in [2.75, 3.05) is 0 Å². The quantitative estimate of drug-likeness (QED) is 0.680. The molecule has 1 aliphatic carbocycles. The van der Waals surface area contributed by atoms with Gasteiger partial charge in [-0.05, 0) is 25.3 Å². The van der Waals surface area contributed by atoms with E-state index in [1.165, 1.54) is 10.7 Å². The molecule has 1 fully saturated rings. The third-order valence-corrected chi connectivity index (χ3v) is 3.50. The molecule has 2 aromatic rings. The van der Waals surface area contributed by atoms with Gasteiger partial charge in [-0.15, -0.1) is 5.10 Å². The minimum absolute atomic E-state index is 0.0466. The Hall–Kier alpha value is -2.77. The largest absolute Gasteiger partial charge is 0.476 e. The number of carbonyl (C=O) groups is 1. The molecule has 0 amide bonds. The van der Waals surface area contributed by atoms with E-state index in [0.29, 0.717) is 11.3 Å². The highest BCUT2D eigenvalue weighted by Crippen LogP contribution is 2.43. The average molecular weight is 288 g/mol. The molecule has 0 unspecified atom stereocenters. The molecular formula is C13H12N4O4. The van der Waals surface area contributed by atoms with E-state index in [-0.39, 0.29) is 23.0 Å². The second kappa shape index (κ2) is 4.65. The number of carboxylic acid groups (broad SMARTS) is 1. The van der Waals surface area contributed by atoms with Gasteiger partial charge in [-0.2, -0.15) is 0 Å². The Morgan fingerprint density at radius 2 is 2.19 bits per heavy atom. The Labute approximate surface area is 119 Å². The molecule has 8 heteroatoms. The van der Waals surface area contributed by atoms with Crippen molar-refractivity contribution in [1.82, 2.24) is 15.0 Å². The summed E-state index contributed by atoms with van der Waals surface area (Å²) in [5.41, 5.74) is 1.13. The van der Waals surface area contributed by atoms with Gasteiger partial charge in [0.15, 0.2) is 5.69 Å². The summed E-state index contributed by atoms with van der Waals surface area (Å²) in [4.78, 5) is 22.0. The molecule has 1 aliphatic rings. The number of nitro groups is 1. The SMILES string of the molecule is Cc1cccc([N+](=O)[O-])c1-n1nnc(C(=O)O)c1C1CC1. The first-order chi connectivity index (χ1) is 10.0. The lowest BCUT2D eigenvalue weighted by Gasteiger charge is -2.09. The summed E-state index contributed by atoms with van der Waals surface area (Å²) in [7, 11) is 0. The summed E-state index contributed by atoms with van der Waals surface area (Å²) in [5.74, 6) is -1.12. The maximum atomic E-state index is 11.3. The topological polar surface area (TPSA) is 111 Å². The van der Waals surface area contributed by atoms with Crippen molar-refractivity contribution in [3.05, 3.63) is 45.3 Å². The van der Waals surface area contributed by atoms with E-state index in [9.17, 15) is 20.0 Å². The van der Waals surface area contributed by atoms with Gasteiger partial charge < -0.3 is 5.11 Å². The number of carboxylic acids is 1. The Balaban J connectivity index is 2.27. The van der Waals surface area contributed by atoms with Crippen molar-refractivity contribution >= 4 is 11.7 Å². The van der Waals surface area contributed by atoms with Crippen molar-refractivity contribution in [1.29, 1.82) is 0 Å². The molecule has 1 aromatic carbocycles. The van der Waals surface area contributed by atoms with E-state index in [0.717, 1.165) is 12.8 Å². The molecule has 1 N–H and O–H groups in total. The number of aromatic nitrogens is 3. The van der Waals surface area contributed by atoms with E-state index >= 15 is 0 Å². The number of rotatable bonds is 4. The van der Waals surface area contributed by atoms with E-state index < -0.39 is 10.9 Å². The van der Waals surface area contributed by atoms with Crippen LogP contribution in [0.3, 0.4) is 0 Å². The summed E-state index contributed by atoms with van der Waals surface area (Å²) in [5, 5.41) is 28.0. The number of aromatic carboxylic acids is 1. The predicted octanol–water partition coefficient (Wildman–Crippen LogP) is 2.06. The number of nitrogens with zero attached hydrogens (tertiary/aromatic N) is 4. The molecule has 0 aliphatic heterocycles. The lowest BCUT2D eigenvalue weighted by Crippen LogP contribution is -2.09. The number of para-hydroxylation sites is 1. The van der Waals surface area contributed by atoms with Crippen LogP contribution in [0.25, 0.3) is 5.69 Å². The number of hydrogen-bond donors (Lipinski definition) is 1. The van der Waals surface area contributed by atoms with Crippen molar-refractivity contribution in [3.8, 4) is 5.69 Å². The van der Waals surface area contributed by atoms with E-state index in [1.54, 1.807) is 19.1 Å². The zero-order valence-electron chi connectivity index (χ0n) is 11.2. The fourth-order valence-electron chi connectivity index (χ4n) is 2.40. The molecule has 108 valence electrons. The molecule has 21 heavy (non-hydrogen) atoms. The van der Waals surface area contributed by atoms with E-state index in [2.05, 4.69) is 10.3 Å². The van der Waals surface area contributed by atoms with Crippen molar-refractivity contribution in [3.63, 3.8) is 0 Å². The number of aryl methyl sites for hydroxylation is 1. The van der Waals surface area contributed by atoms with Crippen molar-refractivity contribution < 1.29 is 14.8 Å². The smallest absolute Gasteiger partial charge is 0.358 e. The van der Waals surface area contributed by atoms with Crippen LogP contribution in [-0.4, -0.2) is 31.0 Å². The van der Waals surface area contributed by atoms with E-state index in [4.69, 9.17) is 0 Å². The maximum Gasteiger partial charge on any atom is 0.358 e. The molecule has 1 heterocycles. The fraction of sp³-hybridized carbons (Fsp3) is 0.308. The standard InChI is InChI=1S/C13H12N4O4/c1-7-3-2-4-9(17(20)21)11(7)16-12(8-5-6-8)10(13(18)19)14-15-16/h2-4,8H,5-6H2,1H3,(H,18,19). The number of hydrogen-bond acceptors (Lipinski definition) is 5. The molecule has 8 nitrogen and oxygen atoms in total. The highest BCUT2D eigenvalue weighted by molar-refractivity contribution is 5.87. The molecule has 0 spiro atoms. The van der Waals surface area contributed by atoms with Gasteiger partial charge in [-0.1, -0.05) is 17.3 Å². The Kier molecular flexibility index (Phi) is 2.93. The lowest BCUT2D eigenvalue weighted by molar-refractivity contribution is -0.384. The zero-order chi connectivity index (χ0) is 15.1. The van der Waals surface area contributed by atoms with Gasteiger partial charge >= 0.3 is 5.97 Å². The third kappa shape index (κ3) is 2.14. The first kappa shape index (κ1) is 13.2. The number of nitro benzene ring substituents is 1. The van der Waals surface area contributed by atoms with Crippen molar-refractivity contribution in [2.45, 2.75) is 25.7 Å². The highest BCUT2D eigenvalue weighted by Gasteiger charge is 2.36. The van der Waals surface area contributed by atoms with Crippen LogP contribution < -0.4 is 0 Å². The normalized spacial score (nSPS) is 14.1. The van der Waals surface area contributed by atoms with Crippen LogP contribution in [0, 0.1) is 17.0 Å². The van der Waals surface area contributed by atoms with Crippen LogP contribution in [0.4, 0.5) is 5.69 Å². The summed E-state index contributed by atoms with van der Waals surface area (Å²) in [6, 6.07) is 4.69. The minimum atomic E-state index is -1.17. The molecule has 1 saturated carbocycles. The van der Waals surface area contributed by atoms with Crippen LogP contribution in [-0.2, 0) is 0 Å². The van der Waals surface area contributed by atoms with Crippen LogP contribution >= 0.6 is 0 Å². The predicted molar refractivity (Wildman–Crippen MR) is 71.7 cm³/mol. The molecule has 0 bridgehead atoms. The first-order valence-corrected chi connectivity index (χ1v) is 6.44. The van der Waals surface area contributed by atoms with Crippen LogP contribution in [0.1, 0.15) is 40.5 Å². The van der Waals surface area contributed by atoms with E-state index in [1.807, 2.05) is 0 Å². The molecule has 0 saturated heterocycles. The Bertz CT molecular complexity index is 749. The van der Waals surface area contributed by atoms with Gasteiger partial charge in [0.05, 0.1) is 10.6 Å². The van der Waals surface area contributed by atoms with Gasteiger partial charge in [0.25, 0.3) is 5.69 Å². The van der Waals surface area contributed by atoms with Crippen molar-refractivity contribution in [2.24, 2.45) is 0 Å². The third-order valence-electron chi connectivity index (χ3n) is 3.50. The van der Waals surface area contributed by atoms with Gasteiger partial charge in [-0.25, -0.2) is 9.48 Å². The molecule has 0 radical (unpaired) electrons. The van der Waals surface area contributed by atoms with Gasteiger partial charge in [0, 0.05) is 12.0 Å². The molecule has 1 aromatic heterocycles. The van der Waals surface area contributed by atoms with Gasteiger partial charge in [-0.3, -0.25) is 10.1 Å². The number of benzene rings is 1. The second-order valence-corrected chi connectivity index (χ2v) is 5.01. The Morgan fingerprint density at radius 3 is 2.76 bits per heavy atom. The highest BCUT2D eigenvalue weighted by atomic mass is 16.6. The maximum absolute atomic E-state index is 11.3. The summed E-state index contributed by atoms with van der Waals surface area (Å²) >= 11 is 0. The minimum Gasteiger partial charge on any atom is -0.476 e. The molecule has 0 atom stereocenters. The fourth-order valence-corrected chi connectivity index (χ4v) is 2.40. The lowest BCUT2D eigenvalue weighted by atomic mass is 10.1. The Morgan fingerprint density at radius 1 is 1.48 bits per heavy atom. The van der Waals surface area contributed by atoms with Crippen LogP contribution in [0.5, 0.6) is 0 Å². The second-order valence-electron chi connectivity index (χ2n) is 5.01. The van der Waals surface area contributed by atoms with Crippen LogP contribution in [0.15, 0.2) is 18.2 Å². The average Bonchev–Trinajstić information content (AvgIpc) is 3.17. The van der Waals surface area contributed by atoms with Gasteiger partial charge in [0.2, 0.25) is 0 Å². The molecule has 3 rings (SSSR count). The molecular weight excluding hydrogens is 276 g/mol. The zero-order valence-corrected chi connectivity index (χ0v) is 11.2. The summed E-state index contributed by atoms with van der Waals surface area (Å²) in [6.07, 6.45) is 1.68. The summed E-state index contributed by atoms with van der Waals surface area (Å²) < 4.78 is 1.31. The van der Waals surface area contributed by atoms with Gasteiger partial charge in [0.1, 0.15) is 5.69 Å². The van der Waals surface area contributed by atoms with Crippen LogP contribution in [0.2, 0.25) is 0 Å². The monoisotopic (exact) mass is 288 g/mol. The summed E-state index contributed by atoms with van der Waals surface area (Å²) in [6.45, 7) is 1.72. The first-order valence-electron chi connectivity index (χ1n) is 6.44.